The molecule has 1 fully saturated rings. The van der Waals surface area contributed by atoms with E-state index in [-0.39, 0.29) is 33.0 Å². The Labute approximate surface area is 231 Å². The highest BCUT2D eigenvalue weighted by molar-refractivity contribution is 6.33. The predicted octanol–water partition coefficient (Wildman–Crippen LogP) is 6.14. The number of nitrogens with zero attached hydrogens (tertiary/aromatic N) is 5. The molecule has 0 amide bonds. The van der Waals surface area contributed by atoms with Gasteiger partial charge in [0.05, 0.1) is 16.0 Å². The first-order valence-corrected chi connectivity index (χ1v) is 12.7. The number of aromatic nitrogens is 3. The van der Waals surface area contributed by atoms with Crippen LogP contribution in [0.5, 0.6) is 0 Å². The molecule has 0 bridgehead atoms. The van der Waals surface area contributed by atoms with Crippen molar-refractivity contribution in [1.82, 2.24) is 14.8 Å². The maximum absolute atomic E-state index is 14.7. The number of fused-ring (bicyclic) bond motifs is 1. The number of rotatable bonds is 5. The average Bonchev–Trinajstić information content (AvgIpc) is 3.28. The summed E-state index contributed by atoms with van der Waals surface area (Å²) in [4.78, 5) is 23.5. The molecule has 1 saturated carbocycles. The monoisotopic (exact) mass is 572 g/mol. The second kappa shape index (κ2) is 16.1. The van der Waals surface area contributed by atoms with Crippen LogP contribution in [-0.2, 0) is 17.4 Å². The number of carbonyl (C=O) groups is 1. The lowest BCUT2D eigenvalue weighted by atomic mass is 9.96. The van der Waals surface area contributed by atoms with Gasteiger partial charge in [-0.25, -0.2) is 23.2 Å². The Bertz CT molecular complexity index is 1210. The first-order chi connectivity index (χ1) is 18.5. The summed E-state index contributed by atoms with van der Waals surface area (Å²) in [5.74, 6) is -0.628. The number of aldehydes is 1. The van der Waals surface area contributed by atoms with Crippen LogP contribution in [0.2, 0.25) is 5.02 Å². The number of benzene rings is 1. The molecule has 1 aromatic carbocycles. The smallest absolute Gasteiger partial charge is 0.272 e. The third-order valence-electron chi connectivity index (χ3n) is 5.90. The molecule has 3 aromatic rings. The van der Waals surface area contributed by atoms with Crippen LogP contribution < -0.4 is 10.7 Å². The molecular formula is C26H36ClF3N6O3. The number of halogens is 4. The highest BCUT2D eigenvalue weighted by Gasteiger charge is 2.39. The number of carbonyl (C=O) groups excluding carboxylic acids is 1. The number of aliphatic hydroxyl groups is 1. The number of hydrogen-bond acceptors (Lipinski definition) is 7. The Morgan fingerprint density at radius 1 is 1.18 bits per heavy atom. The Kier molecular flexibility index (Phi) is 14.0. The molecule has 1 aliphatic carbocycles. The minimum atomic E-state index is -3.12. The van der Waals surface area contributed by atoms with Gasteiger partial charge in [0.2, 0.25) is 0 Å². The van der Waals surface area contributed by atoms with Crippen molar-refractivity contribution in [3.8, 4) is 11.1 Å². The second-order valence-electron chi connectivity index (χ2n) is 8.76. The van der Waals surface area contributed by atoms with Gasteiger partial charge < -0.3 is 15.6 Å². The van der Waals surface area contributed by atoms with Crippen molar-refractivity contribution < 1.29 is 23.1 Å². The van der Waals surface area contributed by atoms with Crippen LogP contribution in [0, 0.1) is 10.7 Å². The zero-order valence-corrected chi connectivity index (χ0v) is 23.6. The normalized spacial score (nSPS) is 14.1. The molecule has 1 aliphatic rings. The van der Waals surface area contributed by atoms with Crippen LogP contribution in [0.1, 0.15) is 58.1 Å². The first-order valence-electron chi connectivity index (χ1n) is 12.4. The van der Waals surface area contributed by atoms with Crippen LogP contribution in [0.15, 0.2) is 29.7 Å². The summed E-state index contributed by atoms with van der Waals surface area (Å²) >= 11 is 6.17. The van der Waals surface area contributed by atoms with E-state index in [0.29, 0.717) is 5.56 Å². The first kappa shape index (κ1) is 33.9. The van der Waals surface area contributed by atoms with Gasteiger partial charge in [-0.1, -0.05) is 50.1 Å². The van der Waals surface area contributed by atoms with Gasteiger partial charge in [-0.05, 0) is 44.7 Å². The fourth-order valence-electron chi connectivity index (χ4n) is 4.04. The summed E-state index contributed by atoms with van der Waals surface area (Å²) in [6.45, 7) is 2.38. The molecule has 0 saturated heterocycles. The van der Waals surface area contributed by atoms with Gasteiger partial charge in [0.15, 0.2) is 17.2 Å². The van der Waals surface area contributed by atoms with Gasteiger partial charge in [-0.3, -0.25) is 4.68 Å². The summed E-state index contributed by atoms with van der Waals surface area (Å²) in [5.41, 5.74) is 2.07. The molecule has 1 unspecified atom stereocenters. The lowest BCUT2D eigenvalue weighted by Crippen LogP contribution is -2.33. The van der Waals surface area contributed by atoms with Crippen molar-refractivity contribution in [2.24, 2.45) is 18.1 Å². The summed E-state index contributed by atoms with van der Waals surface area (Å²) in [6.07, 6.45) is 7.89. The number of pyridine rings is 1. The maximum atomic E-state index is 14.7. The maximum Gasteiger partial charge on any atom is 0.272 e. The number of hydrogen-bond donors (Lipinski definition) is 2. The largest absolute Gasteiger partial charge is 0.378 e. The zero-order valence-electron chi connectivity index (χ0n) is 22.8. The zero-order chi connectivity index (χ0) is 29.8. The van der Waals surface area contributed by atoms with Crippen LogP contribution in [0.4, 0.5) is 19.0 Å². The minimum absolute atomic E-state index is 0.0131. The van der Waals surface area contributed by atoms with E-state index in [9.17, 15) is 23.2 Å². The Morgan fingerprint density at radius 2 is 1.69 bits per heavy atom. The van der Waals surface area contributed by atoms with E-state index in [2.05, 4.69) is 21.1 Å². The van der Waals surface area contributed by atoms with E-state index < -0.39 is 17.8 Å². The molecule has 3 N–H and O–H groups in total. The van der Waals surface area contributed by atoms with Crippen LogP contribution in [0.3, 0.4) is 0 Å². The fraction of sp³-hybridized carbons (Fsp3) is 0.500. The van der Waals surface area contributed by atoms with Gasteiger partial charge in [0, 0.05) is 31.2 Å². The minimum Gasteiger partial charge on any atom is -0.378 e. The molecule has 2 heterocycles. The molecule has 0 spiro atoms. The Hall–Kier alpha value is -3.09. The van der Waals surface area contributed by atoms with Crippen LogP contribution in [-0.4, -0.2) is 46.7 Å². The Balaban J connectivity index is 0.000000583. The Morgan fingerprint density at radius 3 is 2.15 bits per heavy atom. The van der Waals surface area contributed by atoms with Crippen molar-refractivity contribution in [3.63, 3.8) is 0 Å². The lowest BCUT2D eigenvalue weighted by molar-refractivity contribution is -0.106. The average molecular weight is 573 g/mol. The molecule has 13 heteroatoms. The molecule has 1 atom stereocenters. The third kappa shape index (κ3) is 8.70. The summed E-state index contributed by atoms with van der Waals surface area (Å²) in [6, 6.07) is 3.94. The van der Waals surface area contributed by atoms with Crippen molar-refractivity contribution in [2.45, 2.75) is 64.4 Å². The number of nitrogens with two attached hydrogens (primary N) is 1. The quantitative estimate of drug-likeness (QED) is 0.213. The van der Waals surface area contributed by atoms with E-state index in [4.69, 9.17) is 16.4 Å². The van der Waals surface area contributed by atoms with Crippen molar-refractivity contribution in [3.05, 3.63) is 45.8 Å². The van der Waals surface area contributed by atoms with Crippen molar-refractivity contribution in [1.29, 1.82) is 0 Å². The highest BCUT2D eigenvalue weighted by atomic mass is 35.5. The fourth-order valence-corrected chi connectivity index (χ4v) is 4.26. The van der Waals surface area contributed by atoms with Crippen molar-refractivity contribution in [2.75, 3.05) is 19.1 Å². The van der Waals surface area contributed by atoms with Crippen LogP contribution >= 0.6 is 11.6 Å². The number of alkyl halides is 2. The number of anilines is 1. The number of nitroso groups, excluding NO2 is 1. The third-order valence-corrected chi connectivity index (χ3v) is 6.20. The van der Waals surface area contributed by atoms with Gasteiger partial charge in [-0.15, -0.1) is 4.91 Å². The summed E-state index contributed by atoms with van der Waals surface area (Å²) < 4.78 is 42.5. The van der Waals surface area contributed by atoms with E-state index in [0.717, 1.165) is 29.0 Å². The standard InChI is InChI=1S/C17H15ClF3N5O2.C6H12.C2H4O.CH5N/c1-17(27,16(20)21)15-10-4-8(5-12(19)14(10)23-26(15)3)9-6-13(25(2)24-28)22-7-11(9)18;1-2-4-6-5-3-1;1-2-3;1-2/h4-7,16,27H,1-3H3;1-6H2;2H,1H3;2H2,1H3. The molecule has 9 nitrogen and oxygen atoms in total. The van der Waals surface area contributed by atoms with Gasteiger partial charge >= 0.3 is 0 Å². The van der Waals surface area contributed by atoms with Gasteiger partial charge in [0.25, 0.3) is 6.43 Å². The summed E-state index contributed by atoms with van der Waals surface area (Å²) in [5, 5.41) is 18.0. The predicted molar refractivity (Wildman–Crippen MR) is 148 cm³/mol. The van der Waals surface area contributed by atoms with Gasteiger partial charge in [-0.2, -0.15) is 5.10 Å². The van der Waals surface area contributed by atoms with E-state index >= 15 is 0 Å². The molecule has 216 valence electrons. The second-order valence-corrected chi connectivity index (χ2v) is 9.17. The van der Waals surface area contributed by atoms with E-state index in [1.807, 2.05) is 0 Å². The SMILES string of the molecule is C1CCCCC1.CC=O.CN.CN(N=O)c1cc(-c2cc(F)c3nn(C)c(C(C)(O)C(F)F)c3c2)c(Cl)cn1. The molecule has 4 rings (SSSR count). The van der Waals surface area contributed by atoms with Crippen molar-refractivity contribution >= 4 is 34.6 Å². The van der Waals surface area contributed by atoms with Crippen LogP contribution in [0.25, 0.3) is 22.0 Å². The molecule has 0 aliphatic heterocycles. The molecular weight excluding hydrogens is 537 g/mol. The van der Waals surface area contributed by atoms with E-state index in [1.54, 1.807) is 0 Å². The molecule has 0 radical (unpaired) electrons. The lowest BCUT2D eigenvalue weighted by Gasteiger charge is -2.23. The molecule has 2 aromatic heterocycles. The topological polar surface area (TPSA) is 127 Å². The summed E-state index contributed by atoms with van der Waals surface area (Å²) in [7, 11) is 4.21. The van der Waals surface area contributed by atoms with E-state index in [1.165, 1.54) is 84.9 Å². The molecule has 39 heavy (non-hydrogen) atoms. The van der Waals surface area contributed by atoms with Gasteiger partial charge in [0.1, 0.15) is 11.8 Å². The number of aryl methyl sites for hydroxylation is 1. The highest BCUT2D eigenvalue weighted by Crippen LogP contribution is 2.38.